The third-order valence-electron chi connectivity index (χ3n) is 2.17. The number of aromatic hydroxyl groups is 1. The van der Waals surface area contributed by atoms with Gasteiger partial charge in [-0.05, 0) is 30.6 Å². The summed E-state index contributed by atoms with van der Waals surface area (Å²) in [5.41, 5.74) is 1.65. The van der Waals surface area contributed by atoms with Gasteiger partial charge in [0.15, 0.2) is 10.8 Å². The van der Waals surface area contributed by atoms with Crippen molar-refractivity contribution in [3.63, 3.8) is 0 Å². The van der Waals surface area contributed by atoms with Crippen LogP contribution in [-0.4, -0.2) is 20.7 Å². The minimum atomic E-state index is 0.0893. The number of pyridine rings is 1. The van der Waals surface area contributed by atoms with E-state index in [-0.39, 0.29) is 5.75 Å². The maximum absolute atomic E-state index is 9.12. The molecule has 2 rings (SSSR count). The lowest BCUT2D eigenvalue weighted by molar-refractivity contribution is 0.473. The fourth-order valence-corrected chi connectivity index (χ4v) is 1.94. The molecule has 0 aliphatic carbocycles. The first kappa shape index (κ1) is 13.0. The van der Waals surface area contributed by atoms with Gasteiger partial charge in [-0.15, -0.1) is 10.2 Å². The summed E-state index contributed by atoms with van der Waals surface area (Å²) in [6, 6.07) is 3.07. The molecule has 19 heavy (non-hydrogen) atoms. The molecule has 2 heterocycles. The lowest BCUT2D eigenvalue weighted by Gasteiger charge is -1.92. The Hall–Kier alpha value is -2.41. The molecule has 0 atom stereocenters. The smallest absolute Gasteiger partial charge is 0.174 e. The average molecular weight is 273 g/mol. The molecule has 0 spiro atoms. The highest BCUT2D eigenvalue weighted by atomic mass is 32.1. The number of rotatable bonds is 4. The van der Waals surface area contributed by atoms with Gasteiger partial charge in [0, 0.05) is 12.4 Å². The predicted molar refractivity (Wildman–Crippen MR) is 74.7 cm³/mol. The van der Waals surface area contributed by atoms with Gasteiger partial charge in [0.2, 0.25) is 0 Å². The number of hydrogen-bond donors (Lipinski definition) is 1. The standard InChI is InChI=1S/C12H11N5OS/c1-3-13-7-10-8(2)17-19-12(10)16-15-11-5-4-9(18)6-14-11/h3-7,18H,1H2,2H3/b13-7-,16-15+. The number of aliphatic imine (C=N–C) groups is 1. The molecular weight excluding hydrogens is 262 g/mol. The molecule has 6 nitrogen and oxygen atoms in total. The first-order valence-corrected chi connectivity index (χ1v) is 6.15. The maximum Gasteiger partial charge on any atom is 0.174 e. The molecule has 1 N–H and O–H groups in total. The summed E-state index contributed by atoms with van der Waals surface area (Å²) in [7, 11) is 0. The summed E-state index contributed by atoms with van der Waals surface area (Å²) in [5, 5.41) is 17.8. The van der Waals surface area contributed by atoms with Gasteiger partial charge < -0.3 is 5.11 Å². The monoisotopic (exact) mass is 273 g/mol. The van der Waals surface area contributed by atoms with E-state index in [1.54, 1.807) is 12.3 Å². The van der Waals surface area contributed by atoms with Gasteiger partial charge in [0.25, 0.3) is 0 Å². The van der Waals surface area contributed by atoms with Crippen molar-refractivity contribution in [1.29, 1.82) is 0 Å². The van der Waals surface area contributed by atoms with E-state index in [1.165, 1.54) is 30.0 Å². The Balaban J connectivity index is 2.25. The minimum Gasteiger partial charge on any atom is -0.506 e. The van der Waals surface area contributed by atoms with Crippen LogP contribution >= 0.6 is 11.5 Å². The highest BCUT2D eigenvalue weighted by molar-refractivity contribution is 7.10. The van der Waals surface area contributed by atoms with Crippen LogP contribution in [0.5, 0.6) is 5.75 Å². The van der Waals surface area contributed by atoms with Crippen molar-refractivity contribution in [2.45, 2.75) is 6.92 Å². The summed E-state index contributed by atoms with van der Waals surface area (Å²) in [5.74, 6) is 0.502. The summed E-state index contributed by atoms with van der Waals surface area (Å²) in [4.78, 5) is 7.87. The highest BCUT2D eigenvalue weighted by Gasteiger charge is 2.07. The van der Waals surface area contributed by atoms with Gasteiger partial charge in [-0.2, -0.15) is 4.37 Å². The molecule has 0 bridgehead atoms. The molecule has 0 aromatic carbocycles. The van der Waals surface area contributed by atoms with Gasteiger partial charge >= 0.3 is 0 Å². The molecule has 0 fully saturated rings. The lowest BCUT2D eigenvalue weighted by atomic mass is 10.3. The number of hydrogen-bond acceptors (Lipinski definition) is 7. The van der Waals surface area contributed by atoms with Gasteiger partial charge in [0.1, 0.15) is 5.75 Å². The van der Waals surface area contributed by atoms with Crippen molar-refractivity contribution in [1.82, 2.24) is 9.36 Å². The highest BCUT2D eigenvalue weighted by Crippen LogP contribution is 2.27. The van der Waals surface area contributed by atoms with Crippen molar-refractivity contribution < 1.29 is 5.11 Å². The van der Waals surface area contributed by atoms with Crippen LogP contribution in [0.4, 0.5) is 10.8 Å². The van der Waals surface area contributed by atoms with E-state index >= 15 is 0 Å². The number of nitrogens with zero attached hydrogens (tertiary/aromatic N) is 5. The van der Waals surface area contributed by atoms with Crippen LogP contribution < -0.4 is 0 Å². The molecule has 2 aromatic rings. The van der Waals surface area contributed by atoms with E-state index in [0.717, 1.165) is 11.3 Å². The van der Waals surface area contributed by atoms with Crippen LogP contribution in [0, 0.1) is 6.92 Å². The molecule has 0 unspecified atom stereocenters. The molecular formula is C12H11N5OS. The second kappa shape index (κ2) is 5.96. The van der Waals surface area contributed by atoms with Gasteiger partial charge in [-0.25, -0.2) is 4.98 Å². The van der Waals surface area contributed by atoms with Crippen molar-refractivity contribution in [3.8, 4) is 5.75 Å². The van der Waals surface area contributed by atoms with Gasteiger partial charge in [-0.3, -0.25) is 4.99 Å². The molecule has 0 saturated heterocycles. The van der Waals surface area contributed by atoms with Crippen molar-refractivity contribution in [3.05, 3.63) is 42.4 Å². The van der Waals surface area contributed by atoms with Crippen LogP contribution in [0.3, 0.4) is 0 Å². The van der Waals surface area contributed by atoms with Crippen LogP contribution in [0.2, 0.25) is 0 Å². The Kier molecular flexibility index (Phi) is 4.09. The normalized spacial score (nSPS) is 11.4. The second-order valence-corrected chi connectivity index (χ2v) is 4.27. The van der Waals surface area contributed by atoms with E-state index in [2.05, 4.69) is 31.2 Å². The Bertz CT molecular complexity index is 630. The van der Waals surface area contributed by atoms with E-state index < -0.39 is 0 Å². The Labute approximate surface area is 114 Å². The molecule has 0 amide bonds. The zero-order valence-corrected chi connectivity index (χ0v) is 11.0. The Morgan fingerprint density at radius 3 is 2.89 bits per heavy atom. The van der Waals surface area contributed by atoms with E-state index in [9.17, 15) is 0 Å². The van der Waals surface area contributed by atoms with Crippen LogP contribution in [0.15, 0.2) is 46.3 Å². The van der Waals surface area contributed by atoms with Gasteiger partial charge in [-0.1, -0.05) is 6.58 Å². The molecule has 2 aromatic heterocycles. The van der Waals surface area contributed by atoms with Crippen molar-refractivity contribution in [2.75, 3.05) is 0 Å². The Morgan fingerprint density at radius 2 is 2.21 bits per heavy atom. The molecule has 96 valence electrons. The molecule has 0 saturated carbocycles. The molecule has 7 heteroatoms. The zero-order valence-electron chi connectivity index (χ0n) is 10.2. The fourth-order valence-electron chi connectivity index (χ4n) is 1.25. The van der Waals surface area contributed by atoms with E-state index in [0.29, 0.717) is 10.8 Å². The topological polar surface area (TPSA) is 83.1 Å². The summed E-state index contributed by atoms with van der Waals surface area (Å²) in [6.07, 6.45) is 4.40. The predicted octanol–water partition coefficient (Wildman–Crippen LogP) is 3.53. The first-order valence-electron chi connectivity index (χ1n) is 5.38. The number of azo groups is 1. The third-order valence-corrected chi connectivity index (χ3v) is 3.01. The first-order chi connectivity index (χ1) is 9.20. The fraction of sp³-hybridized carbons (Fsp3) is 0.0833. The van der Waals surface area contributed by atoms with E-state index in [4.69, 9.17) is 5.11 Å². The lowest BCUT2D eigenvalue weighted by Crippen LogP contribution is -1.81. The van der Waals surface area contributed by atoms with Crippen LogP contribution in [0.1, 0.15) is 11.3 Å². The summed E-state index contributed by atoms with van der Waals surface area (Å²) < 4.78 is 4.20. The number of aromatic nitrogens is 2. The zero-order chi connectivity index (χ0) is 13.7. The Morgan fingerprint density at radius 1 is 1.37 bits per heavy atom. The van der Waals surface area contributed by atoms with Crippen LogP contribution in [0.25, 0.3) is 0 Å². The summed E-state index contributed by atoms with van der Waals surface area (Å²) >= 11 is 1.24. The van der Waals surface area contributed by atoms with Crippen molar-refractivity contribution >= 4 is 28.6 Å². The summed E-state index contributed by atoms with van der Waals surface area (Å²) in [6.45, 7) is 5.39. The van der Waals surface area contributed by atoms with Crippen molar-refractivity contribution in [2.24, 2.45) is 15.2 Å². The second-order valence-electron chi connectivity index (χ2n) is 3.52. The third kappa shape index (κ3) is 3.29. The minimum absolute atomic E-state index is 0.0893. The van der Waals surface area contributed by atoms with E-state index in [1.807, 2.05) is 6.92 Å². The molecule has 0 radical (unpaired) electrons. The molecule has 0 aliphatic heterocycles. The molecule has 0 aliphatic rings. The van der Waals surface area contributed by atoms with Gasteiger partial charge in [0.05, 0.1) is 17.5 Å². The van der Waals surface area contributed by atoms with Crippen LogP contribution in [-0.2, 0) is 0 Å². The average Bonchev–Trinajstić information content (AvgIpc) is 2.76. The SMILES string of the molecule is C=C/N=C\c1c(C)nsc1/N=N/c1ccc(O)cn1. The maximum atomic E-state index is 9.12. The quantitative estimate of drug-likeness (QED) is 0.683. The number of aryl methyl sites for hydroxylation is 1. The largest absolute Gasteiger partial charge is 0.506 e.